The third-order valence-corrected chi connectivity index (χ3v) is 2.78. The van der Waals surface area contributed by atoms with Crippen LogP contribution in [0.25, 0.3) is 10.9 Å². The summed E-state index contributed by atoms with van der Waals surface area (Å²) in [6, 6.07) is 8.06. The highest BCUT2D eigenvalue weighted by molar-refractivity contribution is 7.98. The van der Waals surface area contributed by atoms with Crippen molar-refractivity contribution in [3.8, 4) is 0 Å². The summed E-state index contributed by atoms with van der Waals surface area (Å²) in [4.78, 5) is 0. The fraction of sp³-hybridized carbons (Fsp3) is 0.300. The van der Waals surface area contributed by atoms with Crippen LogP contribution in [0.4, 0.5) is 5.82 Å². The van der Waals surface area contributed by atoms with Crippen LogP contribution in [0.5, 0.6) is 0 Å². The van der Waals surface area contributed by atoms with Crippen LogP contribution in [0.2, 0.25) is 0 Å². The first-order valence-corrected chi connectivity index (χ1v) is 5.92. The van der Waals surface area contributed by atoms with E-state index >= 15 is 0 Å². The van der Waals surface area contributed by atoms with Crippen molar-refractivity contribution >= 4 is 28.5 Å². The van der Waals surface area contributed by atoms with E-state index in [0.29, 0.717) is 5.82 Å². The van der Waals surface area contributed by atoms with Crippen LogP contribution in [0.1, 0.15) is 0 Å². The van der Waals surface area contributed by atoms with E-state index in [2.05, 4.69) is 17.4 Å². The number of nitrogens with two attached hydrogens (primary N) is 1. The molecule has 0 atom stereocenters. The van der Waals surface area contributed by atoms with Crippen molar-refractivity contribution in [2.45, 2.75) is 6.54 Å². The van der Waals surface area contributed by atoms with Gasteiger partial charge in [0.1, 0.15) is 0 Å². The molecular weight excluding hydrogens is 194 g/mol. The number of anilines is 1. The van der Waals surface area contributed by atoms with E-state index in [0.717, 1.165) is 23.2 Å². The van der Waals surface area contributed by atoms with Gasteiger partial charge in [-0.1, -0.05) is 12.1 Å². The fourth-order valence-corrected chi connectivity index (χ4v) is 1.86. The van der Waals surface area contributed by atoms with Crippen LogP contribution in [0.3, 0.4) is 0 Å². The Kier molecular flexibility index (Phi) is 2.63. The van der Waals surface area contributed by atoms with E-state index in [-0.39, 0.29) is 0 Å². The Labute approximate surface area is 87.3 Å². The van der Waals surface area contributed by atoms with Crippen molar-refractivity contribution < 1.29 is 0 Å². The molecule has 0 spiro atoms. The Morgan fingerprint density at radius 2 is 2.21 bits per heavy atom. The number of nitrogens with zero attached hydrogens (tertiary/aromatic N) is 2. The molecule has 1 aromatic heterocycles. The molecule has 0 bridgehead atoms. The molecule has 0 saturated heterocycles. The minimum absolute atomic E-state index is 0.627. The van der Waals surface area contributed by atoms with E-state index in [4.69, 9.17) is 5.73 Å². The van der Waals surface area contributed by atoms with Gasteiger partial charge in [0.2, 0.25) is 0 Å². The zero-order valence-corrected chi connectivity index (χ0v) is 8.92. The minimum Gasteiger partial charge on any atom is -0.382 e. The Morgan fingerprint density at radius 1 is 1.43 bits per heavy atom. The zero-order valence-electron chi connectivity index (χ0n) is 8.10. The molecule has 2 rings (SSSR count). The number of aryl methyl sites for hydroxylation is 1. The van der Waals surface area contributed by atoms with Crippen LogP contribution in [0, 0.1) is 0 Å². The maximum atomic E-state index is 5.81. The van der Waals surface area contributed by atoms with Gasteiger partial charge < -0.3 is 5.73 Å². The van der Waals surface area contributed by atoms with Gasteiger partial charge in [0, 0.05) is 11.1 Å². The van der Waals surface area contributed by atoms with Gasteiger partial charge in [-0.05, 0) is 18.4 Å². The molecule has 1 aromatic carbocycles. The highest BCUT2D eigenvalue weighted by Crippen LogP contribution is 2.19. The van der Waals surface area contributed by atoms with Crippen LogP contribution < -0.4 is 5.73 Å². The van der Waals surface area contributed by atoms with Gasteiger partial charge in [0.15, 0.2) is 5.82 Å². The van der Waals surface area contributed by atoms with E-state index in [9.17, 15) is 0 Å². The molecule has 2 N–H and O–H groups in total. The van der Waals surface area contributed by atoms with Crippen molar-refractivity contribution in [2.75, 3.05) is 17.7 Å². The maximum absolute atomic E-state index is 5.81. The summed E-state index contributed by atoms with van der Waals surface area (Å²) >= 11 is 1.81. The molecular formula is C10H13N3S. The lowest BCUT2D eigenvalue weighted by molar-refractivity contribution is 0.695. The van der Waals surface area contributed by atoms with Crippen molar-refractivity contribution in [1.82, 2.24) is 9.78 Å². The van der Waals surface area contributed by atoms with Crippen molar-refractivity contribution in [1.29, 1.82) is 0 Å². The van der Waals surface area contributed by atoms with Gasteiger partial charge in [-0.15, -0.1) is 0 Å². The molecule has 14 heavy (non-hydrogen) atoms. The molecule has 0 unspecified atom stereocenters. The second kappa shape index (κ2) is 3.92. The van der Waals surface area contributed by atoms with Gasteiger partial charge in [-0.2, -0.15) is 16.9 Å². The lowest BCUT2D eigenvalue weighted by Crippen LogP contribution is -2.02. The van der Waals surface area contributed by atoms with E-state index in [1.54, 1.807) is 0 Å². The van der Waals surface area contributed by atoms with Crippen molar-refractivity contribution in [2.24, 2.45) is 0 Å². The summed E-state index contributed by atoms with van der Waals surface area (Å²) in [6.07, 6.45) is 2.09. The lowest BCUT2D eigenvalue weighted by atomic mass is 10.2. The monoisotopic (exact) mass is 207 g/mol. The molecule has 0 amide bonds. The lowest BCUT2D eigenvalue weighted by Gasteiger charge is -2.00. The first-order valence-electron chi connectivity index (χ1n) is 4.53. The Hall–Kier alpha value is -1.16. The van der Waals surface area contributed by atoms with Gasteiger partial charge >= 0.3 is 0 Å². The standard InChI is InChI=1S/C10H13N3S/c1-14-7-6-13-9-5-3-2-4-8(9)10(11)12-13/h2-5H,6-7H2,1H3,(H2,11,12). The van der Waals surface area contributed by atoms with Crippen LogP contribution in [-0.4, -0.2) is 21.8 Å². The highest BCUT2D eigenvalue weighted by atomic mass is 32.2. The quantitative estimate of drug-likeness (QED) is 0.837. The molecule has 1 heterocycles. The fourth-order valence-electron chi connectivity index (χ4n) is 1.50. The van der Waals surface area contributed by atoms with E-state index in [1.807, 2.05) is 34.6 Å². The SMILES string of the molecule is CSCCn1nc(N)c2ccccc21. The number of aromatic nitrogens is 2. The van der Waals surface area contributed by atoms with Crippen molar-refractivity contribution in [3.05, 3.63) is 24.3 Å². The summed E-state index contributed by atoms with van der Waals surface area (Å²) in [6.45, 7) is 0.916. The molecule has 4 heteroatoms. The predicted octanol–water partition coefficient (Wildman–Crippen LogP) is 1.98. The summed E-state index contributed by atoms with van der Waals surface area (Å²) in [5.41, 5.74) is 6.93. The number of para-hydroxylation sites is 1. The Balaban J connectivity index is 2.44. The molecule has 0 fully saturated rings. The first kappa shape index (κ1) is 9.40. The summed E-state index contributed by atoms with van der Waals surface area (Å²) in [5, 5.41) is 5.36. The first-order chi connectivity index (χ1) is 6.83. The Morgan fingerprint density at radius 3 is 3.00 bits per heavy atom. The van der Waals surface area contributed by atoms with Gasteiger partial charge in [-0.3, -0.25) is 4.68 Å². The topological polar surface area (TPSA) is 43.8 Å². The maximum Gasteiger partial charge on any atom is 0.153 e. The summed E-state index contributed by atoms with van der Waals surface area (Å²) in [7, 11) is 0. The number of nitrogen functional groups attached to an aromatic ring is 1. The number of rotatable bonds is 3. The van der Waals surface area contributed by atoms with Gasteiger partial charge in [0.25, 0.3) is 0 Å². The van der Waals surface area contributed by atoms with Gasteiger partial charge in [-0.25, -0.2) is 0 Å². The molecule has 0 radical (unpaired) electrons. The average Bonchev–Trinajstić information content (AvgIpc) is 2.54. The highest BCUT2D eigenvalue weighted by Gasteiger charge is 2.05. The molecule has 3 nitrogen and oxygen atoms in total. The number of hydrogen-bond donors (Lipinski definition) is 1. The molecule has 0 aliphatic heterocycles. The van der Waals surface area contributed by atoms with Crippen LogP contribution in [0.15, 0.2) is 24.3 Å². The molecule has 74 valence electrons. The van der Waals surface area contributed by atoms with Gasteiger partial charge in [0.05, 0.1) is 12.1 Å². The van der Waals surface area contributed by atoms with E-state index in [1.165, 1.54) is 0 Å². The number of fused-ring (bicyclic) bond motifs is 1. The summed E-state index contributed by atoms with van der Waals surface area (Å²) < 4.78 is 1.97. The second-order valence-corrected chi connectivity index (χ2v) is 4.10. The molecule has 0 saturated carbocycles. The number of thioether (sulfide) groups is 1. The average molecular weight is 207 g/mol. The predicted molar refractivity (Wildman–Crippen MR) is 62.5 cm³/mol. The molecule has 0 aliphatic rings. The Bertz CT molecular complexity index is 436. The second-order valence-electron chi connectivity index (χ2n) is 3.12. The molecule has 0 aliphatic carbocycles. The van der Waals surface area contributed by atoms with Crippen LogP contribution in [-0.2, 0) is 6.54 Å². The van der Waals surface area contributed by atoms with Crippen LogP contribution >= 0.6 is 11.8 Å². The third-order valence-electron chi connectivity index (χ3n) is 2.19. The molecule has 2 aromatic rings. The normalized spacial score (nSPS) is 10.9. The number of benzene rings is 1. The summed E-state index contributed by atoms with van der Waals surface area (Å²) in [5.74, 6) is 1.69. The third kappa shape index (κ3) is 1.57. The van der Waals surface area contributed by atoms with E-state index < -0.39 is 0 Å². The largest absolute Gasteiger partial charge is 0.382 e. The number of hydrogen-bond acceptors (Lipinski definition) is 3. The zero-order chi connectivity index (χ0) is 9.97. The smallest absolute Gasteiger partial charge is 0.153 e. The minimum atomic E-state index is 0.627. The van der Waals surface area contributed by atoms with Crippen molar-refractivity contribution in [3.63, 3.8) is 0 Å².